The van der Waals surface area contributed by atoms with Crippen LogP contribution in [-0.2, 0) is 9.84 Å². The van der Waals surface area contributed by atoms with Crippen LogP contribution in [0.2, 0.25) is 0 Å². The molecule has 14 heavy (non-hydrogen) atoms. The van der Waals surface area contributed by atoms with E-state index in [0.717, 1.165) is 19.4 Å². The normalized spacial score (nSPS) is 33.1. The van der Waals surface area contributed by atoms with Crippen LogP contribution in [0.5, 0.6) is 0 Å². The van der Waals surface area contributed by atoms with Crippen LogP contribution in [0, 0.1) is 5.92 Å². The Morgan fingerprint density at radius 1 is 1.50 bits per heavy atom. The third-order valence-electron chi connectivity index (χ3n) is 3.08. The quantitative estimate of drug-likeness (QED) is 0.773. The molecule has 0 aromatic heterocycles. The van der Waals surface area contributed by atoms with Gasteiger partial charge < -0.3 is 5.32 Å². The highest BCUT2D eigenvalue weighted by Gasteiger charge is 2.37. The molecule has 1 fully saturated rings. The summed E-state index contributed by atoms with van der Waals surface area (Å²) in [5, 5.41) is 3.39. The first kappa shape index (κ1) is 12.0. The van der Waals surface area contributed by atoms with Crippen molar-refractivity contribution in [2.24, 2.45) is 5.92 Å². The molecule has 0 aliphatic carbocycles. The summed E-state index contributed by atoms with van der Waals surface area (Å²) in [4.78, 5) is 0. The summed E-state index contributed by atoms with van der Waals surface area (Å²) in [7, 11) is -2.77. The van der Waals surface area contributed by atoms with Gasteiger partial charge in [-0.2, -0.15) is 0 Å². The van der Waals surface area contributed by atoms with Crippen LogP contribution < -0.4 is 5.32 Å². The van der Waals surface area contributed by atoms with Crippen LogP contribution in [0.1, 0.15) is 33.6 Å². The molecule has 1 aliphatic heterocycles. The van der Waals surface area contributed by atoms with Gasteiger partial charge in [0.25, 0.3) is 0 Å². The van der Waals surface area contributed by atoms with Crippen LogP contribution in [0.25, 0.3) is 0 Å². The Kier molecular flexibility index (Phi) is 3.58. The topological polar surface area (TPSA) is 46.2 Å². The molecule has 0 bridgehead atoms. The van der Waals surface area contributed by atoms with Gasteiger partial charge in [0.05, 0.1) is 11.5 Å². The number of nitrogens with one attached hydrogen (secondary N) is 1. The highest BCUT2D eigenvalue weighted by Crippen LogP contribution is 2.22. The van der Waals surface area contributed by atoms with Crippen molar-refractivity contribution in [2.45, 2.75) is 39.2 Å². The minimum atomic E-state index is -2.77. The summed E-state index contributed by atoms with van der Waals surface area (Å²) in [6.45, 7) is 7.27. The SMILES string of the molecule is CCC(C)CNC1(C)CCS(=O)(=O)C1. The molecule has 2 atom stereocenters. The standard InChI is InChI=1S/C10H21NO2S/c1-4-9(2)7-11-10(3)5-6-14(12,13)8-10/h9,11H,4-8H2,1-3H3. The summed E-state index contributed by atoms with van der Waals surface area (Å²) in [5.41, 5.74) is -0.178. The highest BCUT2D eigenvalue weighted by molar-refractivity contribution is 7.91. The van der Waals surface area contributed by atoms with Gasteiger partial charge in [-0.25, -0.2) is 8.42 Å². The maximum absolute atomic E-state index is 11.3. The first-order chi connectivity index (χ1) is 6.37. The van der Waals surface area contributed by atoms with Crippen LogP contribution in [-0.4, -0.2) is 32.0 Å². The van der Waals surface area contributed by atoms with Crippen LogP contribution in [0.4, 0.5) is 0 Å². The fourth-order valence-electron chi connectivity index (χ4n) is 1.71. The zero-order valence-corrected chi connectivity index (χ0v) is 10.2. The molecule has 0 amide bonds. The van der Waals surface area contributed by atoms with E-state index in [-0.39, 0.29) is 5.54 Å². The maximum atomic E-state index is 11.3. The average Bonchev–Trinajstić information content (AvgIpc) is 2.37. The van der Waals surface area contributed by atoms with E-state index in [2.05, 4.69) is 19.2 Å². The van der Waals surface area contributed by atoms with Gasteiger partial charge in [-0.1, -0.05) is 20.3 Å². The average molecular weight is 219 g/mol. The largest absolute Gasteiger partial charge is 0.310 e. The van der Waals surface area contributed by atoms with Crippen LogP contribution >= 0.6 is 0 Å². The lowest BCUT2D eigenvalue weighted by Crippen LogP contribution is -2.45. The molecule has 0 saturated carbocycles. The van der Waals surface area contributed by atoms with Crippen molar-refractivity contribution in [3.05, 3.63) is 0 Å². The summed E-state index contributed by atoms with van der Waals surface area (Å²) in [6.07, 6.45) is 1.89. The predicted molar refractivity (Wildman–Crippen MR) is 59.1 cm³/mol. The smallest absolute Gasteiger partial charge is 0.152 e. The van der Waals surface area contributed by atoms with E-state index < -0.39 is 9.84 Å². The van der Waals surface area contributed by atoms with Gasteiger partial charge in [0, 0.05) is 5.54 Å². The van der Waals surface area contributed by atoms with Crippen molar-refractivity contribution in [3.8, 4) is 0 Å². The second-order valence-electron chi connectivity index (χ2n) is 4.80. The molecule has 1 heterocycles. The van der Waals surface area contributed by atoms with Gasteiger partial charge >= 0.3 is 0 Å². The second kappa shape index (κ2) is 4.19. The van der Waals surface area contributed by atoms with Crippen LogP contribution in [0.15, 0.2) is 0 Å². The van der Waals surface area contributed by atoms with Crippen molar-refractivity contribution < 1.29 is 8.42 Å². The molecule has 0 aromatic carbocycles. The Labute approximate surface area is 87.2 Å². The van der Waals surface area contributed by atoms with Crippen molar-refractivity contribution in [3.63, 3.8) is 0 Å². The molecular formula is C10H21NO2S. The van der Waals surface area contributed by atoms with E-state index in [0.29, 0.717) is 17.4 Å². The van der Waals surface area contributed by atoms with E-state index in [9.17, 15) is 8.42 Å². The zero-order chi connectivity index (χ0) is 10.8. The van der Waals surface area contributed by atoms with Gasteiger partial charge in [-0.05, 0) is 25.8 Å². The zero-order valence-electron chi connectivity index (χ0n) is 9.34. The first-order valence-electron chi connectivity index (χ1n) is 5.32. The summed E-state index contributed by atoms with van der Waals surface area (Å²) in [5.74, 6) is 1.27. The molecule has 0 radical (unpaired) electrons. The lowest BCUT2D eigenvalue weighted by Gasteiger charge is -2.25. The molecule has 1 saturated heterocycles. The Bertz CT molecular complexity index is 286. The minimum Gasteiger partial charge on any atom is -0.310 e. The van der Waals surface area contributed by atoms with Gasteiger partial charge in [0.15, 0.2) is 9.84 Å². The van der Waals surface area contributed by atoms with Crippen molar-refractivity contribution in [1.82, 2.24) is 5.32 Å². The fraction of sp³-hybridized carbons (Fsp3) is 1.00. The Hall–Kier alpha value is -0.0900. The molecular weight excluding hydrogens is 198 g/mol. The molecule has 84 valence electrons. The molecule has 1 aliphatic rings. The van der Waals surface area contributed by atoms with Crippen molar-refractivity contribution in [1.29, 1.82) is 0 Å². The van der Waals surface area contributed by atoms with Crippen molar-refractivity contribution in [2.75, 3.05) is 18.1 Å². The Morgan fingerprint density at radius 2 is 2.14 bits per heavy atom. The molecule has 1 N–H and O–H groups in total. The number of hydrogen-bond acceptors (Lipinski definition) is 3. The second-order valence-corrected chi connectivity index (χ2v) is 6.98. The molecule has 3 nitrogen and oxygen atoms in total. The molecule has 4 heteroatoms. The number of rotatable bonds is 4. The van der Waals surface area contributed by atoms with Gasteiger partial charge in [-0.3, -0.25) is 0 Å². The van der Waals surface area contributed by atoms with Gasteiger partial charge in [0.1, 0.15) is 0 Å². The van der Waals surface area contributed by atoms with Crippen molar-refractivity contribution >= 4 is 9.84 Å². The van der Waals surface area contributed by atoms with Gasteiger partial charge in [0.2, 0.25) is 0 Å². The molecule has 1 rings (SSSR count). The highest BCUT2D eigenvalue weighted by atomic mass is 32.2. The van der Waals surface area contributed by atoms with Crippen LogP contribution in [0.3, 0.4) is 0 Å². The molecule has 0 spiro atoms. The number of hydrogen-bond donors (Lipinski definition) is 1. The van der Waals surface area contributed by atoms with Gasteiger partial charge in [-0.15, -0.1) is 0 Å². The molecule has 0 aromatic rings. The third-order valence-corrected chi connectivity index (χ3v) is 4.98. The number of sulfone groups is 1. The van der Waals surface area contributed by atoms with E-state index in [1.165, 1.54) is 0 Å². The lowest BCUT2D eigenvalue weighted by atomic mass is 10.0. The monoisotopic (exact) mass is 219 g/mol. The maximum Gasteiger partial charge on any atom is 0.152 e. The Morgan fingerprint density at radius 3 is 2.57 bits per heavy atom. The van der Waals surface area contributed by atoms with E-state index in [1.54, 1.807) is 0 Å². The summed E-state index contributed by atoms with van der Waals surface area (Å²) >= 11 is 0. The van der Waals surface area contributed by atoms with E-state index >= 15 is 0 Å². The third kappa shape index (κ3) is 3.24. The summed E-state index contributed by atoms with van der Waals surface area (Å²) in [6, 6.07) is 0. The fourth-order valence-corrected chi connectivity index (χ4v) is 3.84. The first-order valence-corrected chi connectivity index (χ1v) is 7.14. The summed E-state index contributed by atoms with van der Waals surface area (Å²) < 4.78 is 22.6. The molecule has 2 unspecified atom stereocenters. The minimum absolute atomic E-state index is 0.178. The lowest BCUT2D eigenvalue weighted by molar-refractivity contribution is 0.358. The van der Waals surface area contributed by atoms with E-state index in [4.69, 9.17) is 0 Å². The Balaban J connectivity index is 2.45. The predicted octanol–water partition coefficient (Wildman–Crippen LogP) is 1.20. The van der Waals surface area contributed by atoms with E-state index in [1.807, 2.05) is 6.92 Å².